The lowest BCUT2D eigenvalue weighted by atomic mass is 9.72. The maximum absolute atomic E-state index is 11.5. The van der Waals surface area contributed by atoms with Gasteiger partial charge in [-0.2, -0.15) is 0 Å². The summed E-state index contributed by atoms with van der Waals surface area (Å²) in [7, 11) is 1.69. The molecule has 0 atom stereocenters. The molecular formula is C26H24N4O. The molecule has 0 saturated heterocycles. The van der Waals surface area contributed by atoms with Crippen LogP contribution in [0.1, 0.15) is 24.8 Å². The van der Waals surface area contributed by atoms with Crippen molar-refractivity contribution in [1.29, 1.82) is 0 Å². The lowest BCUT2D eigenvalue weighted by Gasteiger charge is -2.38. The van der Waals surface area contributed by atoms with Crippen molar-refractivity contribution in [3.8, 4) is 22.4 Å². The third kappa shape index (κ3) is 3.27. The Kier molecular flexibility index (Phi) is 4.75. The number of hydrogen-bond acceptors (Lipinski definition) is 4. The van der Waals surface area contributed by atoms with Crippen LogP contribution in [0.3, 0.4) is 0 Å². The lowest BCUT2D eigenvalue weighted by molar-refractivity contribution is 0.253. The van der Waals surface area contributed by atoms with Crippen molar-refractivity contribution in [2.45, 2.75) is 24.8 Å². The summed E-state index contributed by atoms with van der Waals surface area (Å²) in [5, 5.41) is 0.840. The van der Waals surface area contributed by atoms with Gasteiger partial charge >= 0.3 is 0 Å². The lowest BCUT2D eigenvalue weighted by Crippen LogP contribution is -2.43. The van der Waals surface area contributed by atoms with Crippen LogP contribution in [0.15, 0.2) is 77.9 Å². The van der Waals surface area contributed by atoms with Gasteiger partial charge in [-0.15, -0.1) is 0 Å². The van der Waals surface area contributed by atoms with Gasteiger partial charge in [-0.1, -0.05) is 54.6 Å². The number of benzene rings is 2. The van der Waals surface area contributed by atoms with E-state index in [0.29, 0.717) is 5.49 Å². The van der Waals surface area contributed by atoms with Crippen molar-refractivity contribution in [3.05, 3.63) is 84.0 Å². The third-order valence-electron chi connectivity index (χ3n) is 6.32. The molecule has 5 nitrogen and oxygen atoms in total. The maximum Gasteiger partial charge on any atom is 0.219 e. The van der Waals surface area contributed by atoms with Gasteiger partial charge in [0.15, 0.2) is 0 Å². The zero-order valence-corrected chi connectivity index (χ0v) is 17.5. The standard InChI is InChI=1S/C26H24N4O/c1-28-25-22-16-21(18-6-3-2-4-7-18)24(29-23(22)12-15-30(25)17-31)19-8-10-20(11-9-19)26(27)13-5-14-26/h2-4,6-12,15-17H,5,13-14,27H2,1H3/b28-25-. The summed E-state index contributed by atoms with van der Waals surface area (Å²) >= 11 is 0. The number of rotatable bonds is 4. The smallest absolute Gasteiger partial charge is 0.219 e. The van der Waals surface area contributed by atoms with Gasteiger partial charge in [-0.3, -0.25) is 14.4 Å². The second kappa shape index (κ2) is 7.60. The molecule has 2 aromatic heterocycles. The van der Waals surface area contributed by atoms with Crippen molar-refractivity contribution in [1.82, 2.24) is 9.55 Å². The minimum atomic E-state index is -0.183. The monoisotopic (exact) mass is 408 g/mol. The molecule has 1 aliphatic carbocycles. The fraction of sp³-hybridized carbons (Fsp3) is 0.192. The zero-order valence-electron chi connectivity index (χ0n) is 17.5. The number of hydrogen-bond donors (Lipinski definition) is 1. The van der Waals surface area contributed by atoms with E-state index >= 15 is 0 Å². The molecule has 0 unspecified atom stereocenters. The summed E-state index contributed by atoms with van der Waals surface area (Å²) in [5.74, 6) is 0. The average molecular weight is 409 g/mol. The molecule has 154 valence electrons. The predicted octanol–water partition coefficient (Wildman–Crippen LogP) is 4.28. The van der Waals surface area contributed by atoms with Gasteiger partial charge in [0.2, 0.25) is 6.41 Å². The fourth-order valence-electron chi connectivity index (χ4n) is 4.38. The molecule has 2 N–H and O–H groups in total. The summed E-state index contributed by atoms with van der Waals surface area (Å²) in [6.45, 7) is 0. The first kappa shape index (κ1) is 19.4. The molecule has 0 aliphatic heterocycles. The molecule has 0 radical (unpaired) electrons. The first-order valence-electron chi connectivity index (χ1n) is 10.5. The number of carbonyl (C=O) groups is 1. The maximum atomic E-state index is 11.5. The van der Waals surface area contributed by atoms with Crippen LogP contribution in [-0.2, 0) is 10.3 Å². The van der Waals surface area contributed by atoms with Crippen LogP contribution in [-0.4, -0.2) is 23.0 Å². The number of fused-ring (bicyclic) bond motifs is 1. The molecule has 0 amide bonds. The second-order valence-corrected chi connectivity index (χ2v) is 8.15. The second-order valence-electron chi connectivity index (χ2n) is 8.15. The van der Waals surface area contributed by atoms with E-state index in [-0.39, 0.29) is 5.54 Å². The largest absolute Gasteiger partial charge is 0.321 e. The average Bonchev–Trinajstić information content (AvgIpc) is 2.81. The molecule has 1 saturated carbocycles. The Morgan fingerprint density at radius 1 is 1.03 bits per heavy atom. The normalized spacial score (nSPS) is 15.6. The van der Waals surface area contributed by atoms with Crippen LogP contribution in [0.2, 0.25) is 0 Å². The van der Waals surface area contributed by atoms with Gasteiger partial charge < -0.3 is 5.73 Å². The van der Waals surface area contributed by atoms with E-state index in [2.05, 4.69) is 47.5 Å². The number of nitrogens with two attached hydrogens (primary N) is 1. The van der Waals surface area contributed by atoms with Gasteiger partial charge in [0.05, 0.1) is 11.2 Å². The van der Waals surface area contributed by atoms with Crippen LogP contribution in [0.4, 0.5) is 0 Å². The zero-order chi connectivity index (χ0) is 21.4. The van der Waals surface area contributed by atoms with Crippen LogP contribution >= 0.6 is 0 Å². The Bertz CT molecular complexity index is 1330. The minimum absolute atomic E-state index is 0.183. The topological polar surface area (TPSA) is 73.3 Å². The van der Waals surface area contributed by atoms with Crippen LogP contribution < -0.4 is 11.2 Å². The molecule has 0 spiro atoms. The summed E-state index contributed by atoms with van der Waals surface area (Å²) in [4.78, 5) is 20.8. The molecule has 31 heavy (non-hydrogen) atoms. The van der Waals surface area contributed by atoms with E-state index in [0.717, 1.165) is 52.5 Å². The van der Waals surface area contributed by atoms with Crippen molar-refractivity contribution in [2.75, 3.05) is 7.05 Å². The molecule has 5 rings (SSSR count). The van der Waals surface area contributed by atoms with Crippen molar-refractivity contribution in [3.63, 3.8) is 0 Å². The highest BCUT2D eigenvalue weighted by molar-refractivity contribution is 5.91. The van der Waals surface area contributed by atoms with Crippen LogP contribution in [0.25, 0.3) is 33.3 Å². The summed E-state index contributed by atoms with van der Waals surface area (Å²) in [5.41, 5.74) is 12.9. The summed E-state index contributed by atoms with van der Waals surface area (Å²) < 4.78 is 1.48. The first-order chi connectivity index (χ1) is 15.1. The molecule has 2 heterocycles. The van der Waals surface area contributed by atoms with Crippen molar-refractivity contribution >= 4 is 17.3 Å². The molecule has 2 aromatic carbocycles. The Hall–Kier alpha value is -3.57. The summed E-state index contributed by atoms with van der Waals surface area (Å²) in [6.07, 6.45) is 5.73. The first-order valence-corrected chi connectivity index (χ1v) is 10.5. The Balaban J connectivity index is 1.74. The molecule has 1 fully saturated rings. The van der Waals surface area contributed by atoms with E-state index in [1.807, 2.05) is 24.3 Å². The number of aromatic nitrogens is 2. The summed E-state index contributed by atoms with van der Waals surface area (Å²) in [6, 6.07) is 22.6. The highest BCUT2D eigenvalue weighted by atomic mass is 16.1. The van der Waals surface area contributed by atoms with E-state index in [4.69, 9.17) is 10.7 Å². The Morgan fingerprint density at radius 2 is 1.77 bits per heavy atom. The Labute approximate surface area is 180 Å². The van der Waals surface area contributed by atoms with Crippen molar-refractivity contribution in [2.24, 2.45) is 10.7 Å². The van der Waals surface area contributed by atoms with Gasteiger partial charge in [0.1, 0.15) is 5.49 Å². The number of pyridine rings is 2. The molecule has 5 heteroatoms. The SMILES string of the molecule is C/N=c1/c2cc(-c3ccccc3)c(-c3ccc(C4(N)CCC4)cc3)nc2ccn1C=O. The predicted molar refractivity (Wildman–Crippen MR) is 124 cm³/mol. The van der Waals surface area contributed by atoms with Crippen LogP contribution in [0.5, 0.6) is 0 Å². The Morgan fingerprint density at radius 3 is 2.39 bits per heavy atom. The van der Waals surface area contributed by atoms with Gasteiger partial charge in [0, 0.05) is 35.3 Å². The third-order valence-corrected chi connectivity index (χ3v) is 6.32. The molecule has 4 aromatic rings. The van der Waals surface area contributed by atoms with Crippen molar-refractivity contribution < 1.29 is 4.79 Å². The molecule has 0 bridgehead atoms. The molecular weight excluding hydrogens is 384 g/mol. The number of nitrogens with zero attached hydrogens (tertiary/aromatic N) is 3. The quantitative estimate of drug-likeness (QED) is 0.512. The van der Waals surface area contributed by atoms with Gasteiger partial charge in [-0.25, -0.2) is 4.98 Å². The van der Waals surface area contributed by atoms with Crippen LogP contribution in [0, 0.1) is 0 Å². The highest BCUT2D eigenvalue weighted by Crippen LogP contribution is 2.40. The van der Waals surface area contributed by atoms with E-state index in [1.165, 1.54) is 16.6 Å². The van der Waals surface area contributed by atoms with E-state index < -0.39 is 0 Å². The highest BCUT2D eigenvalue weighted by Gasteiger charge is 2.34. The molecule has 1 aliphatic rings. The fourth-order valence-corrected chi connectivity index (χ4v) is 4.38. The van der Waals surface area contributed by atoms with Gasteiger partial charge in [0.25, 0.3) is 0 Å². The number of carbonyl (C=O) groups excluding carboxylic acids is 1. The van der Waals surface area contributed by atoms with E-state index in [1.54, 1.807) is 13.2 Å². The van der Waals surface area contributed by atoms with Gasteiger partial charge in [-0.05, 0) is 42.5 Å². The minimum Gasteiger partial charge on any atom is -0.321 e. The van der Waals surface area contributed by atoms with E-state index in [9.17, 15) is 4.79 Å².